The molecule has 0 spiro atoms. The van der Waals surface area contributed by atoms with Gasteiger partial charge in [-0.3, -0.25) is 4.79 Å². The van der Waals surface area contributed by atoms with Gasteiger partial charge in [-0.15, -0.1) is 0 Å². The number of rotatable bonds is 8. The molecule has 0 amide bonds. The summed E-state index contributed by atoms with van der Waals surface area (Å²) in [7, 11) is 0. The van der Waals surface area contributed by atoms with Crippen molar-refractivity contribution in [3.8, 4) is 5.75 Å². The highest BCUT2D eigenvalue weighted by atomic mass is 16.6. The van der Waals surface area contributed by atoms with Crippen molar-refractivity contribution in [2.45, 2.75) is 58.2 Å². The predicted octanol–water partition coefficient (Wildman–Crippen LogP) is 3.58. The third-order valence-electron chi connectivity index (χ3n) is 5.14. The number of allylic oxidation sites excluding steroid dienone is 1. The van der Waals surface area contributed by atoms with E-state index in [9.17, 15) is 9.59 Å². The maximum Gasteiger partial charge on any atom is 0.332 e. The summed E-state index contributed by atoms with van der Waals surface area (Å²) >= 11 is 0. The van der Waals surface area contributed by atoms with Gasteiger partial charge in [-0.2, -0.15) is 0 Å². The zero-order valence-electron chi connectivity index (χ0n) is 16.5. The van der Waals surface area contributed by atoms with Crippen LogP contribution in [0.15, 0.2) is 36.3 Å². The average molecular weight is 388 g/mol. The molecule has 0 bridgehead atoms. The van der Waals surface area contributed by atoms with Crippen LogP contribution >= 0.6 is 0 Å². The van der Waals surface area contributed by atoms with Crippen molar-refractivity contribution in [2.24, 2.45) is 5.92 Å². The summed E-state index contributed by atoms with van der Waals surface area (Å²) in [5.74, 6) is 0.252. The molecule has 152 valence electrons. The molecule has 3 rings (SSSR count). The van der Waals surface area contributed by atoms with Crippen LogP contribution in [0.5, 0.6) is 5.75 Å². The minimum atomic E-state index is -0.353. The molecule has 3 unspecified atom stereocenters. The standard InChI is InChI=1S/C22H28O6/c1-3-11-25-21(23)14-26-17-9-10-18-19(12-17)27-13-20(22(18)24)28-16-7-5-15(4-2)6-8-16/h5-8,13,17-19H,3-4,9-12,14H2,1-2H3. The molecular formula is C22H28O6. The summed E-state index contributed by atoms with van der Waals surface area (Å²) in [6.45, 7) is 4.38. The van der Waals surface area contributed by atoms with Crippen LogP contribution in [0.25, 0.3) is 0 Å². The van der Waals surface area contributed by atoms with Crippen LogP contribution in [0.1, 0.15) is 45.1 Å². The first-order valence-corrected chi connectivity index (χ1v) is 10.0. The van der Waals surface area contributed by atoms with E-state index < -0.39 is 0 Å². The lowest BCUT2D eigenvalue weighted by molar-refractivity contribution is -0.154. The maximum atomic E-state index is 12.8. The number of carbonyl (C=O) groups is 2. The molecule has 1 aromatic rings. The molecule has 6 nitrogen and oxygen atoms in total. The van der Waals surface area contributed by atoms with Crippen molar-refractivity contribution < 1.29 is 28.5 Å². The molecular weight excluding hydrogens is 360 g/mol. The zero-order valence-corrected chi connectivity index (χ0v) is 16.5. The second kappa shape index (κ2) is 9.73. The normalized spacial score (nSPS) is 24.0. The van der Waals surface area contributed by atoms with Crippen LogP contribution in [0.2, 0.25) is 0 Å². The number of hydrogen-bond donors (Lipinski definition) is 0. The Kier molecular flexibility index (Phi) is 7.09. The van der Waals surface area contributed by atoms with Gasteiger partial charge >= 0.3 is 5.97 Å². The van der Waals surface area contributed by atoms with Crippen molar-refractivity contribution in [3.05, 3.63) is 41.9 Å². The highest BCUT2D eigenvalue weighted by molar-refractivity contribution is 5.96. The molecule has 0 saturated heterocycles. The van der Waals surface area contributed by atoms with Gasteiger partial charge in [0.1, 0.15) is 24.7 Å². The fourth-order valence-corrected chi connectivity index (χ4v) is 3.52. The number of aryl methyl sites for hydroxylation is 1. The van der Waals surface area contributed by atoms with Gasteiger partial charge in [0, 0.05) is 6.42 Å². The number of carbonyl (C=O) groups excluding carboxylic acids is 2. The van der Waals surface area contributed by atoms with Gasteiger partial charge in [0.05, 0.1) is 18.6 Å². The van der Waals surface area contributed by atoms with Crippen molar-refractivity contribution in [1.82, 2.24) is 0 Å². The van der Waals surface area contributed by atoms with Gasteiger partial charge < -0.3 is 18.9 Å². The molecule has 0 N–H and O–H groups in total. The summed E-state index contributed by atoms with van der Waals surface area (Å²) in [6, 6.07) is 7.70. The number of hydrogen-bond acceptors (Lipinski definition) is 6. The van der Waals surface area contributed by atoms with E-state index in [0.29, 0.717) is 31.6 Å². The SMILES string of the molecule is CCCOC(=O)COC1CCC2C(=O)C(Oc3ccc(CC)cc3)=COC2C1. The molecule has 1 saturated carbocycles. The number of ether oxygens (including phenoxy) is 4. The monoisotopic (exact) mass is 388 g/mol. The van der Waals surface area contributed by atoms with Gasteiger partial charge in [0.15, 0.2) is 0 Å². The number of Topliss-reactive ketones (excluding diaryl/α,β-unsaturated/α-hetero) is 1. The average Bonchev–Trinajstić information content (AvgIpc) is 2.73. The summed E-state index contributed by atoms with van der Waals surface area (Å²) in [5.41, 5.74) is 1.21. The fraction of sp³-hybridized carbons (Fsp3) is 0.545. The minimum absolute atomic E-state index is 0.0309. The Balaban J connectivity index is 1.52. The second-order valence-corrected chi connectivity index (χ2v) is 7.19. The van der Waals surface area contributed by atoms with Crippen LogP contribution in [-0.2, 0) is 30.2 Å². The quantitative estimate of drug-likeness (QED) is 0.634. The summed E-state index contributed by atoms with van der Waals surface area (Å²) in [6.07, 6.45) is 4.72. The third-order valence-corrected chi connectivity index (χ3v) is 5.14. The van der Waals surface area contributed by atoms with Crippen molar-refractivity contribution in [1.29, 1.82) is 0 Å². The number of esters is 1. The molecule has 0 radical (unpaired) electrons. The number of fused-ring (bicyclic) bond motifs is 1. The minimum Gasteiger partial charge on any atom is -0.493 e. The van der Waals surface area contributed by atoms with Crippen LogP contribution < -0.4 is 4.74 Å². The maximum absolute atomic E-state index is 12.8. The first-order chi connectivity index (χ1) is 13.6. The largest absolute Gasteiger partial charge is 0.493 e. The van der Waals surface area contributed by atoms with E-state index in [-0.39, 0.29) is 42.2 Å². The topological polar surface area (TPSA) is 71.1 Å². The number of benzene rings is 1. The molecule has 28 heavy (non-hydrogen) atoms. The molecule has 1 aliphatic carbocycles. The smallest absolute Gasteiger partial charge is 0.332 e. The Bertz CT molecular complexity index is 708. The third kappa shape index (κ3) is 5.13. The van der Waals surface area contributed by atoms with Crippen molar-refractivity contribution >= 4 is 11.8 Å². The Hall–Kier alpha value is -2.34. The van der Waals surface area contributed by atoms with E-state index in [4.69, 9.17) is 18.9 Å². The van der Waals surface area contributed by atoms with Gasteiger partial charge in [-0.25, -0.2) is 4.79 Å². The highest BCUT2D eigenvalue weighted by Crippen LogP contribution is 2.35. The molecule has 6 heteroatoms. The van der Waals surface area contributed by atoms with E-state index in [0.717, 1.165) is 12.8 Å². The van der Waals surface area contributed by atoms with Gasteiger partial charge in [-0.1, -0.05) is 26.0 Å². The summed E-state index contributed by atoms with van der Waals surface area (Å²) < 4.78 is 22.2. The van der Waals surface area contributed by atoms with E-state index >= 15 is 0 Å². The van der Waals surface area contributed by atoms with E-state index in [1.54, 1.807) is 0 Å². The molecule has 1 heterocycles. The molecule has 1 aromatic carbocycles. The first-order valence-electron chi connectivity index (χ1n) is 10.0. The molecule has 2 aliphatic rings. The lowest BCUT2D eigenvalue weighted by Gasteiger charge is -2.36. The Labute approximate surface area is 165 Å². The van der Waals surface area contributed by atoms with Gasteiger partial charge in [0.25, 0.3) is 0 Å². The number of ketones is 1. The second-order valence-electron chi connectivity index (χ2n) is 7.19. The van der Waals surface area contributed by atoms with Crippen LogP contribution in [-0.4, -0.2) is 37.2 Å². The Morgan fingerprint density at radius 3 is 2.68 bits per heavy atom. The van der Waals surface area contributed by atoms with Crippen LogP contribution in [0.3, 0.4) is 0 Å². The lowest BCUT2D eigenvalue weighted by atomic mass is 9.80. The van der Waals surface area contributed by atoms with E-state index in [1.807, 2.05) is 31.2 Å². The van der Waals surface area contributed by atoms with Gasteiger partial charge in [-0.05, 0) is 43.4 Å². The van der Waals surface area contributed by atoms with Crippen LogP contribution in [0.4, 0.5) is 0 Å². The zero-order chi connectivity index (χ0) is 19.9. The molecule has 0 aromatic heterocycles. The van der Waals surface area contributed by atoms with Crippen LogP contribution in [0, 0.1) is 5.92 Å². The molecule has 1 fully saturated rings. The Morgan fingerprint density at radius 1 is 1.18 bits per heavy atom. The summed E-state index contributed by atoms with van der Waals surface area (Å²) in [5, 5.41) is 0. The first kappa shape index (κ1) is 20.4. The predicted molar refractivity (Wildman–Crippen MR) is 103 cm³/mol. The molecule has 1 aliphatic heterocycles. The van der Waals surface area contributed by atoms with E-state index in [1.165, 1.54) is 11.8 Å². The fourth-order valence-electron chi connectivity index (χ4n) is 3.52. The van der Waals surface area contributed by atoms with Gasteiger partial charge in [0.2, 0.25) is 11.5 Å². The molecule has 3 atom stereocenters. The highest BCUT2D eigenvalue weighted by Gasteiger charge is 2.41. The van der Waals surface area contributed by atoms with Crippen molar-refractivity contribution in [2.75, 3.05) is 13.2 Å². The Morgan fingerprint density at radius 2 is 1.96 bits per heavy atom. The lowest BCUT2D eigenvalue weighted by Crippen LogP contribution is -2.42. The van der Waals surface area contributed by atoms with Crippen molar-refractivity contribution in [3.63, 3.8) is 0 Å². The van der Waals surface area contributed by atoms with E-state index in [2.05, 4.69) is 6.92 Å². The summed E-state index contributed by atoms with van der Waals surface area (Å²) in [4.78, 5) is 24.4.